The van der Waals surface area contributed by atoms with Crippen LogP contribution in [-0.4, -0.2) is 28.4 Å². The highest BCUT2D eigenvalue weighted by atomic mass is 79.9. The molecular weight excluding hydrogens is 308 g/mol. The van der Waals surface area contributed by atoms with E-state index in [1.165, 1.54) is 4.68 Å². The number of hydrogen-bond acceptors (Lipinski definition) is 4. The number of rotatable bonds is 3. The summed E-state index contributed by atoms with van der Waals surface area (Å²) in [4.78, 5) is 14.3. The van der Waals surface area contributed by atoms with E-state index in [0.717, 1.165) is 25.1 Å². The summed E-state index contributed by atoms with van der Waals surface area (Å²) >= 11 is 3.40. The van der Waals surface area contributed by atoms with E-state index in [2.05, 4.69) is 39.4 Å². The van der Waals surface area contributed by atoms with E-state index >= 15 is 0 Å². The second-order valence-corrected chi connectivity index (χ2v) is 5.74. The van der Waals surface area contributed by atoms with E-state index in [0.29, 0.717) is 17.1 Å². The average molecular weight is 327 g/mol. The van der Waals surface area contributed by atoms with E-state index < -0.39 is 0 Å². The van der Waals surface area contributed by atoms with Crippen LogP contribution in [0, 0.1) is 0 Å². The van der Waals surface area contributed by atoms with E-state index in [9.17, 15) is 4.79 Å². The van der Waals surface area contributed by atoms with E-state index in [1.54, 1.807) is 12.3 Å². The van der Waals surface area contributed by atoms with Gasteiger partial charge < -0.3 is 10.6 Å². The summed E-state index contributed by atoms with van der Waals surface area (Å²) in [5.41, 5.74) is 6.69. The molecule has 0 bridgehead atoms. The molecule has 1 fully saturated rings. The summed E-state index contributed by atoms with van der Waals surface area (Å²) in [6.07, 6.45) is 5.26. The lowest BCUT2D eigenvalue weighted by atomic mass is 9.99. The summed E-state index contributed by atoms with van der Waals surface area (Å²) in [5, 5.41) is 4.19. The Balaban J connectivity index is 2.33. The molecule has 1 aromatic heterocycles. The quantitative estimate of drug-likeness (QED) is 0.855. The standard InChI is InChI=1S/C13H19BrN4O/c1-3-5-18-13(19)12(14)11(8-16-18)17-6-4-10(15)7-9(17)2/h3,8-10H,1,4-7,15H2,2H3. The van der Waals surface area contributed by atoms with Crippen LogP contribution in [0.15, 0.2) is 28.1 Å². The zero-order chi connectivity index (χ0) is 14.0. The maximum absolute atomic E-state index is 12.1. The molecule has 2 unspecified atom stereocenters. The molecule has 5 nitrogen and oxygen atoms in total. The predicted octanol–water partition coefficient (Wildman–Crippen LogP) is 1.51. The molecule has 104 valence electrons. The monoisotopic (exact) mass is 326 g/mol. The summed E-state index contributed by atoms with van der Waals surface area (Å²) in [6, 6.07) is 0.565. The smallest absolute Gasteiger partial charge is 0.283 e. The van der Waals surface area contributed by atoms with Gasteiger partial charge >= 0.3 is 0 Å². The zero-order valence-electron chi connectivity index (χ0n) is 11.1. The molecule has 1 aromatic rings. The third-order valence-corrected chi connectivity index (χ3v) is 4.24. The van der Waals surface area contributed by atoms with Crippen molar-refractivity contribution in [1.29, 1.82) is 0 Å². The molecule has 1 aliphatic rings. The maximum atomic E-state index is 12.1. The fourth-order valence-electron chi connectivity index (χ4n) is 2.48. The summed E-state index contributed by atoms with van der Waals surface area (Å²) in [6.45, 7) is 7.02. The van der Waals surface area contributed by atoms with Gasteiger partial charge in [0.15, 0.2) is 0 Å². The summed E-state index contributed by atoms with van der Waals surface area (Å²) in [5.74, 6) is 0. The minimum Gasteiger partial charge on any atom is -0.366 e. The topological polar surface area (TPSA) is 64.2 Å². The van der Waals surface area contributed by atoms with Crippen LogP contribution < -0.4 is 16.2 Å². The van der Waals surface area contributed by atoms with Gasteiger partial charge in [0.05, 0.1) is 18.4 Å². The van der Waals surface area contributed by atoms with Crippen LogP contribution in [0.3, 0.4) is 0 Å². The molecule has 19 heavy (non-hydrogen) atoms. The van der Waals surface area contributed by atoms with Crippen LogP contribution in [0.1, 0.15) is 19.8 Å². The average Bonchev–Trinajstić information content (AvgIpc) is 2.37. The first-order valence-electron chi connectivity index (χ1n) is 6.43. The lowest BCUT2D eigenvalue weighted by molar-refractivity contribution is 0.428. The van der Waals surface area contributed by atoms with Crippen molar-refractivity contribution in [2.45, 2.75) is 38.4 Å². The molecule has 0 radical (unpaired) electrons. The first kappa shape index (κ1) is 14.3. The lowest BCUT2D eigenvalue weighted by Gasteiger charge is -2.38. The Morgan fingerprint density at radius 3 is 3.05 bits per heavy atom. The largest absolute Gasteiger partial charge is 0.366 e. The number of aromatic nitrogens is 2. The molecule has 1 aliphatic heterocycles. The van der Waals surface area contributed by atoms with Crippen molar-refractivity contribution in [2.24, 2.45) is 5.73 Å². The zero-order valence-corrected chi connectivity index (χ0v) is 12.6. The van der Waals surface area contributed by atoms with Gasteiger partial charge in [0, 0.05) is 18.6 Å². The van der Waals surface area contributed by atoms with Gasteiger partial charge in [-0.1, -0.05) is 6.08 Å². The van der Waals surface area contributed by atoms with Gasteiger partial charge in [0.1, 0.15) is 4.47 Å². The van der Waals surface area contributed by atoms with Crippen molar-refractivity contribution in [2.75, 3.05) is 11.4 Å². The maximum Gasteiger partial charge on any atom is 0.283 e. The fourth-order valence-corrected chi connectivity index (χ4v) is 3.01. The Morgan fingerprint density at radius 1 is 1.68 bits per heavy atom. The Bertz CT molecular complexity index is 528. The number of allylic oxidation sites excluding steroid dienone is 1. The molecule has 0 aromatic carbocycles. The van der Waals surface area contributed by atoms with Gasteiger partial charge in [0.25, 0.3) is 5.56 Å². The van der Waals surface area contributed by atoms with Gasteiger partial charge in [-0.2, -0.15) is 5.10 Å². The van der Waals surface area contributed by atoms with Crippen LogP contribution in [0.25, 0.3) is 0 Å². The molecular formula is C13H19BrN4O. The van der Waals surface area contributed by atoms with E-state index in [4.69, 9.17) is 5.73 Å². The number of halogens is 1. The number of hydrogen-bond donors (Lipinski definition) is 1. The molecule has 2 atom stereocenters. The SMILES string of the molecule is C=CCn1ncc(N2CCC(N)CC2C)c(Br)c1=O. The molecule has 0 amide bonds. The van der Waals surface area contributed by atoms with Crippen molar-refractivity contribution in [1.82, 2.24) is 9.78 Å². The van der Waals surface area contributed by atoms with Crippen molar-refractivity contribution < 1.29 is 0 Å². The van der Waals surface area contributed by atoms with Crippen molar-refractivity contribution in [3.05, 3.63) is 33.7 Å². The van der Waals surface area contributed by atoms with Crippen LogP contribution in [-0.2, 0) is 6.54 Å². The second kappa shape index (κ2) is 5.88. The van der Waals surface area contributed by atoms with E-state index in [-0.39, 0.29) is 11.6 Å². The normalized spacial score (nSPS) is 23.4. The number of nitrogens with two attached hydrogens (primary N) is 1. The van der Waals surface area contributed by atoms with Crippen LogP contribution in [0.2, 0.25) is 0 Å². The highest BCUT2D eigenvalue weighted by molar-refractivity contribution is 9.10. The van der Waals surface area contributed by atoms with Gasteiger partial charge in [-0.3, -0.25) is 4.79 Å². The minimum absolute atomic E-state index is 0.125. The molecule has 2 rings (SSSR count). The van der Waals surface area contributed by atoms with E-state index in [1.807, 2.05) is 0 Å². The van der Waals surface area contributed by atoms with Gasteiger partial charge in [-0.25, -0.2) is 4.68 Å². The first-order chi connectivity index (χ1) is 9.04. The Hall–Kier alpha value is -1.14. The molecule has 0 spiro atoms. The highest BCUT2D eigenvalue weighted by Crippen LogP contribution is 2.28. The highest BCUT2D eigenvalue weighted by Gasteiger charge is 2.26. The Labute approximate surface area is 121 Å². The van der Waals surface area contributed by atoms with Crippen molar-refractivity contribution in [3.63, 3.8) is 0 Å². The van der Waals surface area contributed by atoms with Crippen LogP contribution >= 0.6 is 15.9 Å². The Morgan fingerprint density at radius 2 is 2.42 bits per heavy atom. The number of piperidine rings is 1. The minimum atomic E-state index is -0.125. The summed E-state index contributed by atoms with van der Waals surface area (Å²) in [7, 11) is 0. The number of nitrogens with zero attached hydrogens (tertiary/aromatic N) is 3. The molecule has 2 N–H and O–H groups in total. The van der Waals surface area contributed by atoms with Gasteiger partial charge in [0.2, 0.25) is 0 Å². The third-order valence-electron chi connectivity index (χ3n) is 3.49. The van der Waals surface area contributed by atoms with Crippen LogP contribution in [0.4, 0.5) is 5.69 Å². The molecule has 0 saturated carbocycles. The summed E-state index contributed by atoms with van der Waals surface area (Å²) < 4.78 is 1.95. The fraction of sp³-hybridized carbons (Fsp3) is 0.538. The third kappa shape index (κ3) is 2.90. The van der Waals surface area contributed by atoms with Gasteiger partial charge in [-0.15, -0.1) is 6.58 Å². The predicted molar refractivity (Wildman–Crippen MR) is 80.4 cm³/mol. The molecule has 6 heteroatoms. The Kier molecular flexibility index (Phi) is 4.42. The lowest BCUT2D eigenvalue weighted by Crippen LogP contribution is -2.46. The van der Waals surface area contributed by atoms with Crippen molar-refractivity contribution in [3.8, 4) is 0 Å². The first-order valence-corrected chi connectivity index (χ1v) is 7.22. The molecule has 0 aliphatic carbocycles. The van der Waals surface area contributed by atoms with Crippen molar-refractivity contribution >= 4 is 21.6 Å². The molecule has 1 saturated heterocycles. The molecule has 2 heterocycles. The number of anilines is 1. The van der Waals surface area contributed by atoms with Crippen LogP contribution in [0.5, 0.6) is 0 Å². The van der Waals surface area contributed by atoms with Gasteiger partial charge in [-0.05, 0) is 35.7 Å². The second-order valence-electron chi connectivity index (χ2n) is 4.95.